The molecule has 26 heavy (non-hydrogen) atoms. The quantitative estimate of drug-likeness (QED) is 0.487. The number of benzene rings is 1. The third-order valence-electron chi connectivity index (χ3n) is 5.71. The van der Waals surface area contributed by atoms with Gasteiger partial charge in [-0.15, -0.1) is 0 Å². The summed E-state index contributed by atoms with van der Waals surface area (Å²) in [5.74, 6) is 0. The van der Waals surface area contributed by atoms with E-state index in [4.69, 9.17) is 15.9 Å². The number of nitrogen functional groups attached to an aromatic ring is 1. The number of halogens is 1. The van der Waals surface area contributed by atoms with Crippen LogP contribution in [0.4, 0.5) is 11.4 Å². The number of nitrogens with one attached hydrogen (secondary N) is 1. The normalized spacial score (nSPS) is 20.4. The maximum absolute atomic E-state index is 7.86. The van der Waals surface area contributed by atoms with Gasteiger partial charge in [0.2, 0.25) is 0 Å². The maximum Gasteiger partial charge on any atom is 0.0589 e. The number of anilines is 2. The van der Waals surface area contributed by atoms with Gasteiger partial charge in [-0.05, 0) is 58.2 Å². The molecule has 0 aromatic heterocycles. The molecule has 0 heterocycles. The van der Waals surface area contributed by atoms with E-state index in [1.54, 1.807) is 7.11 Å². The van der Waals surface area contributed by atoms with Gasteiger partial charge in [0.15, 0.2) is 0 Å². The van der Waals surface area contributed by atoms with Crippen LogP contribution in [0.25, 0.3) is 0 Å². The summed E-state index contributed by atoms with van der Waals surface area (Å²) in [4.78, 5) is 4.89. The molecule has 1 aromatic rings. The molecule has 3 N–H and O–H groups in total. The van der Waals surface area contributed by atoms with E-state index in [9.17, 15) is 0 Å². The van der Waals surface area contributed by atoms with E-state index in [0.717, 1.165) is 35.4 Å². The highest BCUT2D eigenvalue weighted by atomic mass is 79.9. The Kier molecular flexibility index (Phi) is 7.92. The van der Waals surface area contributed by atoms with Crippen LogP contribution in [0.1, 0.15) is 43.7 Å². The Morgan fingerprint density at radius 3 is 2.46 bits per heavy atom. The van der Waals surface area contributed by atoms with Crippen molar-refractivity contribution in [2.75, 3.05) is 44.5 Å². The van der Waals surface area contributed by atoms with Crippen molar-refractivity contribution in [2.45, 2.75) is 51.6 Å². The second-order valence-corrected chi connectivity index (χ2v) is 8.06. The third kappa shape index (κ3) is 4.59. The Labute approximate surface area is 166 Å². The zero-order valence-electron chi connectivity index (χ0n) is 16.5. The predicted molar refractivity (Wildman–Crippen MR) is 115 cm³/mol. The van der Waals surface area contributed by atoms with Gasteiger partial charge in [-0.25, -0.2) is 0 Å². The SMILES string of the molecule is CCN(c1c(C)c(Br)cc(N)c1C=N)C1CCC(N(C)CCOC)CC1. The van der Waals surface area contributed by atoms with Crippen LogP contribution in [0.15, 0.2) is 10.5 Å². The minimum Gasteiger partial charge on any atom is -0.398 e. The van der Waals surface area contributed by atoms with Crippen molar-refractivity contribution >= 4 is 33.5 Å². The van der Waals surface area contributed by atoms with Gasteiger partial charge in [0.25, 0.3) is 0 Å². The smallest absolute Gasteiger partial charge is 0.0589 e. The van der Waals surface area contributed by atoms with Crippen molar-refractivity contribution in [1.29, 1.82) is 5.41 Å². The van der Waals surface area contributed by atoms with E-state index in [1.165, 1.54) is 37.5 Å². The highest BCUT2D eigenvalue weighted by molar-refractivity contribution is 9.10. The molecule has 0 saturated heterocycles. The molecule has 0 aliphatic heterocycles. The van der Waals surface area contributed by atoms with Crippen molar-refractivity contribution in [1.82, 2.24) is 4.90 Å². The van der Waals surface area contributed by atoms with E-state index in [0.29, 0.717) is 17.8 Å². The molecule has 0 atom stereocenters. The van der Waals surface area contributed by atoms with Crippen molar-refractivity contribution in [3.05, 3.63) is 21.7 Å². The summed E-state index contributed by atoms with van der Waals surface area (Å²) in [6.07, 6.45) is 6.13. The lowest BCUT2D eigenvalue weighted by molar-refractivity contribution is 0.119. The van der Waals surface area contributed by atoms with Crippen molar-refractivity contribution in [3.63, 3.8) is 0 Å². The molecular weight excluding hydrogens is 392 g/mol. The fourth-order valence-electron chi connectivity index (χ4n) is 4.12. The molecule has 0 spiro atoms. The highest BCUT2D eigenvalue weighted by Gasteiger charge is 2.29. The van der Waals surface area contributed by atoms with Gasteiger partial charge in [-0.3, -0.25) is 0 Å². The minimum absolute atomic E-state index is 0.498. The number of ether oxygens (including phenoxy) is 1. The molecule has 1 fully saturated rings. The van der Waals surface area contributed by atoms with Crippen LogP contribution in [0.5, 0.6) is 0 Å². The van der Waals surface area contributed by atoms with Crippen LogP contribution in [0, 0.1) is 12.3 Å². The molecule has 2 rings (SSSR count). The van der Waals surface area contributed by atoms with E-state index in [1.807, 2.05) is 6.07 Å². The fraction of sp³-hybridized carbons (Fsp3) is 0.650. The Balaban J connectivity index is 2.17. The number of rotatable bonds is 8. The molecule has 0 radical (unpaired) electrons. The van der Waals surface area contributed by atoms with Crippen molar-refractivity contribution < 1.29 is 4.74 Å². The Morgan fingerprint density at radius 1 is 1.31 bits per heavy atom. The van der Waals surface area contributed by atoms with E-state index in [-0.39, 0.29) is 0 Å². The first-order chi connectivity index (χ1) is 12.4. The largest absolute Gasteiger partial charge is 0.398 e. The Morgan fingerprint density at radius 2 is 1.92 bits per heavy atom. The van der Waals surface area contributed by atoms with Gasteiger partial charge in [-0.1, -0.05) is 15.9 Å². The second kappa shape index (κ2) is 9.72. The second-order valence-electron chi connectivity index (χ2n) is 7.20. The Hall–Kier alpha value is -1.11. The van der Waals surface area contributed by atoms with Gasteiger partial charge >= 0.3 is 0 Å². The lowest BCUT2D eigenvalue weighted by Gasteiger charge is -2.41. The van der Waals surface area contributed by atoms with Crippen LogP contribution in [0.2, 0.25) is 0 Å². The van der Waals surface area contributed by atoms with Crippen molar-refractivity contribution in [2.24, 2.45) is 0 Å². The molecule has 5 nitrogen and oxygen atoms in total. The zero-order valence-corrected chi connectivity index (χ0v) is 18.1. The fourth-order valence-corrected chi connectivity index (χ4v) is 4.56. The van der Waals surface area contributed by atoms with Gasteiger partial charge in [0.05, 0.1) is 12.3 Å². The van der Waals surface area contributed by atoms with Crippen molar-refractivity contribution in [3.8, 4) is 0 Å². The molecule has 0 unspecified atom stereocenters. The standard InChI is InChI=1S/C20H33BrN4O/c1-5-25(20-14(2)18(21)12-19(23)17(20)13-22)16-8-6-15(7-9-16)24(3)10-11-26-4/h12-13,15-16,22H,5-11,23H2,1-4H3. The summed E-state index contributed by atoms with van der Waals surface area (Å²) in [7, 11) is 3.96. The molecule has 146 valence electrons. The van der Waals surface area contributed by atoms with Crippen LogP contribution >= 0.6 is 15.9 Å². The number of hydrogen-bond donors (Lipinski definition) is 2. The average molecular weight is 425 g/mol. The lowest BCUT2D eigenvalue weighted by atomic mass is 9.88. The Bertz CT molecular complexity index is 614. The molecule has 0 amide bonds. The number of hydrogen-bond acceptors (Lipinski definition) is 5. The number of likely N-dealkylation sites (N-methyl/N-ethyl adjacent to an activating group) is 1. The van der Waals surface area contributed by atoms with Gasteiger partial charge in [0, 0.05) is 54.2 Å². The summed E-state index contributed by atoms with van der Waals surface area (Å²) in [6.45, 7) is 7.01. The van der Waals surface area contributed by atoms with Gasteiger partial charge < -0.3 is 25.7 Å². The molecule has 1 aliphatic rings. The number of methoxy groups -OCH3 is 1. The van der Waals surface area contributed by atoms with E-state index >= 15 is 0 Å². The topological polar surface area (TPSA) is 65.6 Å². The first-order valence-electron chi connectivity index (χ1n) is 9.49. The summed E-state index contributed by atoms with van der Waals surface area (Å²) in [5.41, 5.74) is 9.99. The van der Waals surface area contributed by atoms with Gasteiger partial charge in [-0.2, -0.15) is 0 Å². The highest BCUT2D eigenvalue weighted by Crippen LogP contribution is 2.38. The molecular formula is C20H33BrN4O. The van der Waals surface area contributed by atoms with Crippen LogP contribution in [0.3, 0.4) is 0 Å². The summed E-state index contributed by atoms with van der Waals surface area (Å²) >= 11 is 3.63. The van der Waals surface area contributed by atoms with E-state index in [2.05, 4.69) is 46.6 Å². The number of nitrogens with zero attached hydrogens (tertiary/aromatic N) is 2. The average Bonchev–Trinajstić information content (AvgIpc) is 2.64. The summed E-state index contributed by atoms with van der Waals surface area (Å²) in [6, 6.07) is 3.04. The zero-order chi connectivity index (χ0) is 19.3. The molecule has 1 saturated carbocycles. The third-order valence-corrected chi connectivity index (χ3v) is 6.54. The number of nitrogens with two attached hydrogens (primary N) is 1. The lowest BCUT2D eigenvalue weighted by Crippen LogP contribution is -2.44. The molecule has 1 aromatic carbocycles. The summed E-state index contributed by atoms with van der Waals surface area (Å²) < 4.78 is 6.23. The summed E-state index contributed by atoms with van der Waals surface area (Å²) in [5, 5.41) is 7.86. The van der Waals surface area contributed by atoms with Crippen LogP contribution in [-0.4, -0.2) is 57.1 Å². The predicted octanol–water partition coefficient (Wildman–Crippen LogP) is 4.05. The molecule has 1 aliphatic carbocycles. The molecule has 6 heteroatoms. The first kappa shape index (κ1) is 21.2. The van der Waals surface area contributed by atoms with Gasteiger partial charge in [0.1, 0.15) is 0 Å². The van der Waals surface area contributed by atoms with Crippen LogP contribution < -0.4 is 10.6 Å². The van der Waals surface area contributed by atoms with Crippen LogP contribution in [-0.2, 0) is 4.74 Å². The van der Waals surface area contributed by atoms with E-state index < -0.39 is 0 Å². The maximum atomic E-state index is 7.86. The molecule has 0 bridgehead atoms. The first-order valence-corrected chi connectivity index (χ1v) is 10.3. The minimum atomic E-state index is 0.498. The monoisotopic (exact) mass is 424 g/mol.